The molecule has 196 valence electrons. The SMILES string of the molecule is Cc1cc(CSc2ccccc2)ccc1NC(=O)C1CCN(Cc2nc(-c3ccc(Cl)cc3Cl)no2)CC1. The highest BCUT2D eigenvalue weighted by Crippen LogP contribution is 2.29. The van der Waals surface area contributed by atoms with Crippen LogP contribution in [0.1, 0.15) is 29.9 Å². The maximum atomic E-state index is 13.0. The number of thioether (sulfide) groups is 1. The zero-order valence-electron chi connectivity index (χ0n) is 21.0. The molecule has 5 rings (SSSR count). The van der Waals surface area contributed by atoms with Crippen LogP contribution in [-0.4, -0.2) is 34.0 Å². The summed E-state index contributed by atoms with van der Waals surface area (Å²) in [6, 6.07) is 21.8. The number of carbonyl (C=O) groups excluding carboxylic acids is 1. The van der Waals surface area contributed by atoms with Crippen LogP contribution in [-0.2, 0) is 17.1 Å². The van der Waals surface area contributed by atoms with Gasteiger partial charge >= 0.3 is 0 Å². The molecule has 0 bridgehead atoms. The lowest BCUT2D eigenvalue weighted by Gasteiger charge is -2.30. The van der Waals surface area contributed by atoms with E-state index in [-0.39, 0.29) is 11.8 Å². The van der Waals surface area contributed by atoms with Gasteiger partial charge in [0, 0.05) is 32.8 Å². The topological polar surface area (TPSA) is 71.3 Å². The standard InChI is InChI=1S/C29H28Cl2N4O2S/c1-19-15-20(18-38-23-5-3-2-4-6-23)7-10-26(19)32-29(36)21-11-13-35(14-12-21)17-27-33-28(34-37-27)24-9-8-22(30)16-25(24)31/h2-10,15-16,21H,11-14,17-18H2,1H3,(H,32,36). The second kappa shape index (κ2) is 12.3. The number of aromatic nitrogens is 2. The van der Waals surface area contributed by atoms with Gasteiger partial charge in [-0.25, -0.2) is 0 Å². The normalized spacial score (nSPS) is 14.5. The van der Waals surface area contributed by atoms with Gasteiger partial charge in [0.1, 0.15) is 0 Å². The Morgan fingerprint density at radius 3 is 2.61 bits per heavy atom. The average molecular weight is 568 g/mol. The van der Waals surface area contributed by atoms with E-state index in [1.807, 2.05) is 30.8 Å². The molecule has 0 unspecified atom stereocenters. The minimum atomic E-state index is -0.0231. The number of aryl methyl sites for hydroxylation is 1. The van der Waals surface area contributed by atoms with Gasteiger partial charge in [0.15, 0.2) is 0 Å². The molecule has 0 saturated carbocycles. The predicted octanol–water partition coefficient (Wildman–Crippen LogP) is 7.49. The van der Waals surface area contributed by atoms with Crippen LogP contribution in [0.3, 0.4) is 0 Å². The van der Waals surface area contributed by atoms with Crippen LogP contribution < -0.4 is 5.32 Å². The van der Waals surface area contributed by atoms with E-state index in [2.05, 4.69) is 56.8 Å². The number of benzene rings is 3. The quantitative estimate of drug-likeness (QED) is 0.223. The molecule has 4 aromatic rings. The van der Waals surface area contributed by atoms with Gasteiger partial charge < -0.3 is 9.84 Å². The summed E-state index contributed by atoms with van der Waals surface area (Å²) >= 11 is 14.1. The molecule has 2 heterocycles. The number of rotatable bonds is 8. The summed E-state index contributed by atoms with van der Waals surface area (Å²) in [6.07, 6.45) is 1.56. The lowest BCUT2D eigenvalue weighted by Crippen LogP contribution is -2.37. The van der Waals surface area contributed by atoms with Crippen molar-refractivity contribution in [2.24, 2.45) is 5.92 Å². The molecule has 0 spiro atoms. The Morgan fingerprint density at radius 1 is 1.08 bits per heavy atom. The van der Waals surface area contributed by atoms with Gasteiger partial charge in [-0.3, -0.25) is 9.69 Å². The van der Waals surface area contributed by atoms with E-state index in [1.165, 1.54) is 10.5 Å². The van der Waals surface area contributed by atoms with Crippen LogP contribution in [0.15, 0.2) is 76.1 Å². The molecular formula is C29H28Cl2N4O2S. The molecule has 1 aliphatic heterocycles. The van der Waals surface area contributed by atoms with E-state index in [4.69, 9.17) is 27.7 Å². The van der Waals surface area contributed by atoms with Crippen LogP contribution in [0.4, 0.5) is 5.69 Å². The third kappa shape index (κ3) is 6.77. The number of amides is 1. The maximum Gasteiger partial charge on any atom is 0.241 e. The van der Waals surface area contributed by atoms with Gasteiger partial charge in [-0.05, 0) is 80.4 Å². The molecule has 9 heteroatoms. The molecule has 1 aromatic heterocycles. The van der Waals surface area contributed by atoms with Crippen molar-refractivity contribution in [2.45, 2.75) is 37.0 Å². The highest BCUT2D eigenvalue weighted by molar-refractivity contribution is 7.98. The molecule has 6 nitrogen and oxygen atoms in total. The van der Waals surface area contributed by atoms with Crippen molar-refractivity contribution >= 4 is 46.6 Å². The molecule has 0 radical (unpaired) electrons. The zero-order valence-corrected chi connectivity index (χ0v) is 23.3. The zero-order chi connectivity index (χ0) is 26.5. The Morgan fingerprint density at radius 2 is 1.87 bits per heavy atom. The fraction of sp³-hybridized carbons (Fsp3) is 0.276. The summed E-state index contributed by atoms with van der Waals surface area (Å²) in [5, 5.41) is 8.25. The lowest BCUT2D eigenvalue weighted by atomic mass is 9.95. The van der Waals surface area contributed by atoms with E-state index in [0.717, 1.165) is 42.9 Å². The highest BCUT2D eigenvalue weighted by atomic mass is 35.5. The minimum Gasteiger partial charge on any atom is -0.338 e. The summed E-state index contributed by atoms with van der Waals surface area (Å²) in [7, 11) is 0. The highest BCUT2D eigenvalue weighted by Gasteiger charge is 2.26. The third-order valence-electron chi connectivity index (χ3n) is 6.65. The van der Waals surface area contributed by atoms with Crippen LogP contribution in [0, 0.1) is 12.8 Å². The first-order valence-corrected chi connectivity index (χ1v) is 14.3. The molecule has 0 atom stereocenters. The molecule has 1 saturated heterocycles. The number of carbonyl (C=O) groups is 1. The van der Waals surface area contributed by atoms with Gasteiger partial charge in [0.05, 0.1) is 11.6 Å². The van der Waals surface area contributed by atoms with Crippen LogP contribution >= 0.6 is 35.0 Å². The van der Waals surface area contributed by atoms with E-state index in [1.54, 1.807) is 18.2 Å². The van der Waals surface area contributed by atoms with Crippen molar-refractivity contribution < 1.29 is 9.32 Å². The first-order chi connectivity index (χ1) is 18.4. The van der Waals surface area contributed by atoms with Crippen molar-refractivity contribution in [3.05, 3.63) is 93.8 Å². The Labute approximate surface area is 236 Å². The lowest BCUT2D eigenvalue weighted by molar-refractivity contribution is -0.121. The number of likely N-dealkylation sites (tertiary alicyclic amines) is 1. The van der Waals surface area contributed by atoms with Gasteiger partial charge in [-0.2, -0.15) is 4.98 Å². The first-order valence-electron chi connectivity index (χ1n) is 12.5. The molecule has 1 N–H and O–H groups in total. The molecular weight excluding hydrogens is 539 g/mol. The Kier molecular flexibility index (Phi) is 8.69. The average Bonchev–Trinajstić information content (AvgIpc) is 3.38. The second-order valence-corrected chi connectivity index (χ2v) is 11.3. The fourth-order valence-corrected chi connectivity index (χ4v) is 5.87. The summed E-state index contributed by atoms with van der Waals surface area (Å²) < 4.78 is 5.45. The molecule has 3 aromatic carbocycles. The largest absolute Gasteiger partial charge is 0.338 e. The summed E-state index contributed by atoms with van der Waals surface area (Å²) in [4.78, 5) is 21.0. The monoisotopic (exact) mass is 566 g/mol. The Hall–Kier alpha value is -2.84. The summed E-state index contributed by atoms with van der Waals surface area (Å²) in [5.74, 6) is 1.92. The van der Waals surface area contributed by atoms with Crippen LogP contribution in [0.2, 0.25) is 10.0 Å². The second-order valence-electron chi connectivity index (χ2n) is 9.43. The number of halogens is 2. The van der Waals surface area contributed by atoms with Gasteiger partial charge in [-0.15, -0.1) is 11.8 Å². The van der Waals surface area contributed by atoms with Crippen LogP contribution in [0.5, 0.6) is 0 Å². The van der Waals surface area contributed by atoms with E-state index < -0.39 is 0 Å². The van der Waals surface area contributed by atoms with E-state index >= 15 is 0 Å². The smallest absolute Gasteiger partial charge is 0.241 e. The number of hydrogen-bond acceptors (Lipinski definition) is 6. The maximum absolute atomic E-state index is 13.0. The molecule has 38 heavy (non-hydrogen) atoms. The van der Waals surface area contributed by atoms with Crippen molar-refractivity contribution in [3.63, 3.8) is 0 Å². The third-order valence-corrected chi connectivity index (χ3v) is 8.29. The summed E-state index contributed by atoms with van der Waals surface area (Å²) in [6.45, 7) is 4.15. The number of hydrogen-bond donors (Lipinski definition) is 1. The predicted molar refractivity (Wildman–Crippen MR) is 154 cm³/mol. The van der Waals surface area contributed by atoms with Crippen molar-refractivity contribution in [1.29, 1.82) is 0 Å². The van der Waals surface area contributed by atoms with Gasteiger partial charge in [-0.1, -0.05) is 58.7 Å². The van der Waals surface area contributed by atoms with E-state index in [9.17, 15) is 4.79 Å². The molecule has 0 aliphatic carbocycles. The van der Waals surface area contributed by atoms with Gasteiger partial charge in [0.25, 0.3) is 0 Å². The van der Waals surface area contributed by atoms with E-state index in [0.29, 0.717) is 33.9 Å². The molecule has 1 fully saturated rings. The van der Waals surface area contributed by atoms with Crippen molar-refractivity contribution in [1.82, 2.24) is 15.0 Å². The Bertz CT molecular complexity index is 1400. The van der Waals surface area contributed by atoms with Crippen molar-refractivity contribution in [2.75, 3.05) is 18.4 Å². The number of nitrogens with zero attached hydrogens (tertiary/aromatic N) is 3. The molecule has 1 amide bonds. The summed E-state index contributed by atoms with van der Waals surface area (Å²) in [5.41, 5.74) is 3.88. The molecule has 1 aliphatic rings. The fourth-order valence-electron chi connectivity index (χ4n) is 4.52. The number of piperidine rings is 1. The number of anilines is 1. The first kappa shape index (κ1) is 26.8. The Balaban J connectivity index is 1.10. The van der Waals surface area contributed by atoms with Crippen molar-refractivity contribution in [3.8, 4) is 11.4 Å². The van der Waals surface area contributed by atoms with Gasteiger partial charge in [0.2, 0.25) is 17.6 Å². The van der Waals surface area contributed by atoms with Crippen LogP contribution in [0.25, 0.3) is 11.4 Å². The number of nitrogens with one attached hydrogen (secondary N) is 1. The minimum absolute atomic E-state index is 0.0231.